The summed E-state index contributed by atoms with van der Waals surface area (Å²) in [7, 11) is 1.62. The molecule has 2 aromatic rings. The molecule has 1 fully saturated rings. The first-order chi connectivity index (χ1) is 13.1. The van der Waals surface area contributed by atoms with E-state index in [9.17, 15) is 9.59 Å². The summed E-state index contributed by atoms with van der Waals surface area (Å²) in [5, 5.41) is 4.08. The van der Waals surface area contributed by atoms with E-state index in [1.807, 2.05) is 17.0 Å². The molecule has 0 aliphatic carbocycles. The number of carbonyl (C=O) groups excluding carboxylic acids is 2. The van der Waals surface area contributed by atoms with Crippen molar-refractivity contribution in [3.05, 3.63) is 34.7 Å². The molecule has 1 aromatic heterocycles. The number of nitrogens with zero attached hydrogens (tertiary/aromatic N) is 1. The second-order valence-corrected chi connectivity index (χ2v) is 8.13. The van der Waals surface area contributed by atoms with Gasteiger partial charge in [-0.3, -0.25) is 9.59 Å². The lowest BCUT2D eigenvalue weighted by Crippen LogP contribution is -2.40. The van der Waals surface area contributed by atoms with Crippen molar-refractivity contribution in [1.29, 1.82) is 0 Å². The third-order valence-corrected chi connectivity index (χ3v) is 6.43. The summed E-state index contributed by atoms with van der Waals surface area (Å²) in [4.78, 5) is 27.8. The molecule has 0 unspecified atom stereocenters. The maximum absolute atomic E-state index is 12.8. The van der Waals surface area contributed by atoms with Crippen molar-refractivity contribution in [2.24, 2.45) is 0 Å². The number of amides is 2. The molecule has 1 saturated heterocycles. The monoisotopic (exact) mass is 388 g/mol. The Labute approximate surface area is 164 Å². The van der Waals surface area contributed by atoms with E-state index in [1.54, 1.807) is 14.0 Å². The van der Waals surface area contributed by atoms with E-state index in [-0.39, 0.29) is 17.9 Å². The third kappa shape index (κ3) is 4.68. The third-order valence-electron chi connectivity index (χ3n) is 5.22. The quantitative estimate of drug-likeness (QED) is 0.769. The average Bonchev–Trinajstić information content (AvgIpc) is 2.85. The van der Waals surface area contributed by atoms with Gasteiger partial charge in [0.2, 0.25) is 5.91 Å². The van der Waals surface area contributed by atoms with Crippen LogP contribution in [0.3, 0.4) is 0 Å². The highest BCUT2D eigenvalue weighted by molar-refractivity contribution is 7.21. The zero-order valence-corrected chi connectivity index (χ0v) is 16.9. The first-order valence-electron chi connectivity index (χ1n) is 9.66. The van der Waals surface area contributed by atoms with E-state index in [0.29, 0.717) is 13.2 Å². The zero-order chi connectivity index (χ0) is 19.2. The van der Waals surface area contributed by atoms with Gasteiger partial charge in [0.1, 0.15) is 0 Å². The number of hydrogen-bond donors (Lipinski definition) is 1. The fourth-order valence-electron chi connectivity index (χ4n) is 3.87. The highest BCUT2D eigenvalue weighted by Crippen LogP contribution is 2.34. The topological polar surface area (TPSA) is 58.6 Å². The van der Waals surface area contributed by atoms with Crippen molar-refractivity contribution >= 4 is 33.2 Å². The lowest BCUT2D eigenvalue weighted by atomic mass is 9.98. The molecule has 0 radical (unpaired) electrons. The van der Waals surface area contributed by atoms with E-state index in [2.05, 4.69) is 17.4 Å². The number of benzene rings is 1. The van der Waals surface area contributed by atoms with Crippen LogP contribution < -0.4 is 5.32 Å². The van der Waals surface area contributed by atoms with Crippen LogP contribution in [0.5, 0.6) is 0 Å². The largest absolute Gasteiger partial charge is 0.383 e. The Hall–Kier alpha value is -1.92. The van der Waals surface area contributed by atoms with Crippen molar-refractivity contribution in [3.63, 3.8) is 0 Å². The normalized spacial score (nSPS) is 17.7. The molecular formula is C21H28N2O3S. The molecule has 146 valence electrons. The van der Waals surface area contributed by atoms with Crippen LogP contribution in [0.15, 0.2) is 24.3 Å². The average molecular weight is 389 g/mol. The lowest BCUT2D eigenvalue weighted by Gasteiger charge is -2.29. The molecule has 3 rings (SSSR count). The molecule has 1 aliphatic rings. The van der Waals surface area contributed by atoms with E-state index in [1.165, 1.54) is 11.3 Å². The maximum atomic E-state index is 12.8. The number of carbonyl (C=O) groups is 2. The molecule has 1 aromatic carbocycles. The Bertz CT molecular complexity index is 802. The standard InChI is InChI=1S/C21H28N2O3S/c1-15(24)23-12-7-3-4-8-16(23)14-18-17-9-5-6-10-19(17)27-20(18)21(25)22-11-13-26-2/h5-6,9-10,16H,3-4,7-8,11-14H2,1-2H3,(H,22,25)/t16-/m1/s1. The number of rotatable bonds is 6. The Morgan fingerprint density at radius 3 is 2.85 bits per heavy atom. The fourth-order valence-corrected chi connectivity index (χ4v) is 5.02. The number of thiophene rings is 1. The highest BCUT2D eigenvalue weighted by Gasteiger charge is 2.27. The molecule has 6 heteroatoms. The summed E-state index contributed by atoms with van der Waals surface area (Å²) >= 11 is 1.54. The molecule has 0 spiro atoms. The summed E-state index contributed by atoms with van der Waals surface area (Å²) in [6, 6.07) is 8.32. The number of ether oxygens (including phenoxy) is 1. The van der Waals surface area contributed by atoms with Gasteiger partial charge in [0.05, 0.1) is 11.5 Å². The molecule has 1 aliphatic heterocycles. The van der Waals surface area contributed by atoms with Crippen LogP contribution in [0, 0.1) is 0 Å². The highest BCUT2D eigenvalue weighted by atomic mass is 32.1. The van der Waals surface area contributed by atoms with Gasteiger partial charge in [0, 0.05) is 37.9 Å². The number of methoxy groups -OCH3 is 1. The molecule has 2 amide bonds. The SMILES string of the molecule is COCCNC(=O)c1sc2ccccc2c1C[C@H]1CCCCCN1C(C)=O. The van der Waals surface area contributed by atoms with Crippen LogP contribution >= 0.6 is 11.3 Å². The molecule has 2 heterocycles. The predicted molar refractivity (Wildman–Crippen MR) is 109 cm³/mol. The summed E-state index contributed by atoms with van der Waals surface area (Å²) in [5.74, 6) is 0.0822. The smallest absolute Gasteiger partial charge is 0.261 e. The van der Waals surface area contributed by atoms with Crippen molar-refractivity contribution in [2.45, 2.75) is 45.1 Å². The van der Waals surface area contributed by atoms with Crippen LogP contribution in [-0.4, -0.2) is 49.6 Å². The number of hydrogen-bond acceptors (Lipinski definition) is 4. The lowest BCUT2D eigenvalue weighted by molar-refractivity contribution is -0.131. The molecule has 27 heavy (non-hydrogen) atoms. The Balaban J connectivity index is 1.92. The molecule has 1 N–H and O–H groups in total. The van der Waals surface area contributed by atoms with E-state index in [0.717, 1.165) is 59.2 Å². The molecule has 0 saturated carbocycles. The Morgan fingerprint density at radius 2 is 2.07 bits per heavy atom. The summed E-state index contributed by atoms with van der Waals surface area (Å²) in [6.07, 6.45) is 5.08. The first-order valence-corrected chi connectivity index (χ1v) is 10.5. The Kier molecular flexibility index (Phi) is 6.85. The number of nitrogens with one attached hydrogen (secondary N) is 1. The van der Waals surface area contributed by atoms with Crippen molar-refractivity contribution in [1.82, 2.24) is 10.2 Å². The van der Waals surface area contributed by atoms with Crippen LogP contribution in [-0.2, 0) is 16.0 Å². The number of likely N-dealkylation sites (tertiary alicyclic amines) is 1. The molecule has 1 atom stereocenters. The summed E-state index contributed by atoms with van der Waals surface area (Å²) < 4.78 is 6.16. The zero-order valence-electron chi connectivity index (χ0n) is 16.1. The van der Waals surface area contributed by atoms with E-state index >= 15 is 0 Å². The second kappa shape index (κ2) is 9.33. The van der Waals surface area contributed by atoms with Gasteiger partial charge in [0.15, 0.2) is 0 Å². The van der Waals surface area contributed by atoms with Gasteiger partial charge in [-0.1, -0.05) is 31.0 Å². The van der Waals surface area contributed by atoms with Crippen molar-refractivity contribution in [3.8, 4) is 0 Å². The number of fused-ring (bicyclic) bond motifs is 1. The van der Waals surface area contributed by atoms with E-state index < -0.39 is 0 Å². The molecule has 5 nitrogen and oxygen atoms in total. The second-order valence-electron chi connectivity index (χ2n) is 7.07. The van der Waals surface area contributed by atoms with Gasteiger partial charge in [-0.2, -0.15) is 0 Å². The maximum Gasteiger partial charge on any atom is 0.261 e. The minimum atomic E-state index is -0.0498. The fraction of sp³-hybridized carbons (Fsp3) is 0.524. The van der Waals surface area contributed by atoms with Gasteiger partial charge in [0.25, 0.3) is 5.91 Å². The first kappa shape index (κ1) is 19.8. The minimum Gasteiger partial charge on any atom is -0.383 e. The Morgan fingerprint density at radius 1 is 1.26 bits per heavy atom. The van der Waals surface area contributed by atoms with Gasteiger partial charge < -0.3 is 15.0 Å². The van der Waals surface area contributed by atoms with Gasteiger partial charge >= 0.3 is 0 Å². The van der Waals surface area contributed by atoms with Crippen molar-refractivity contribution in [2.75, 3.05) is 26.8 Å². The summed E-state index contributed by atoms with van der Waals surface area (Å²) in [6.45, 7) is 3.46. The van der Waals surface area contributed by atoms with Crippen molar-refractivity contribution < 1.29 is 14.3 Å². The minimum absolute atomic E-state index is 0.0498. The van der Waals surface area contributed by atoms with Crippen LogP contribution in [0.4, 0.5) is 0 Å². The molecule has 0 bridgehead atoms. The van der Waals surface area contributed by atoms with E-state index in [4.69, 9.17) is 4.74 Å². The van der Waals surface area contributed by atoms with Crippen LogP contribution in [0.25, 0.3) is 10.1 Å². The molecular weight excluding hydrogens is 360 g/mol. The summed E-state index contributed by atoms with van der Waals surface area (Å²) in [5.41, 5.74) is 1.07. The van der Waals surface area contributed by atoms with Gasteiger partial charge in [-0.05, 0) is 36.3 Å². The van der Waals surface area contributed by atoms with Crippen LogP contribution in [0.2, 0.25) is 0 Å². The van der Waals surface area contributed by atoms with Gasteiger partial charge in [-0.15, -0.1) is 11.3 Å². The predicted octanol–water partition coefficient (Wildman–Crippen LogP) is 3.61. The van der Waals surface area contributed by atoms with Gasteiger partial charge in [-0.25, -0.2) is 0 Å². The van der Waals surface area contributed by atoms with Crippen LogP contribution in [0.1, 0.15) is 47.8 Å².